The summed E-state index contributed by atoms with van der Waals surface area (Å²) in [5, 5.41) is 6.00. The Bertz CT molecular complexity index is 486. The summed E-state index contributed by atoms with van der Waals surface area (Å²) >= 11 is 0. The first-order valence-corrected chi connectivity index (χ1v) is 9.09. The highest BCUT2D eigenvalue weighted by Crippen LogP contribution is 2.25. The van der Waals surface area contributed by atoms with Crippen LogP contribution in [0.2, 0.25) is 0 Å². The van der Waals surface area contributed by atoms with E-state index >= 15 is 0 Å². The van der Waals surface area contributed by atoms with Gasteiger partial charge in [0.05, 0.1) is 6.54 Å². The monoisotopic (exact) mass is 507 g/mol. The van der Waals surface area contributed by atoms with Crippen molar-refractivity contribution < 1.29 is 18.0 Å². The van der Waals surface area contributed by atoms with Crippen molar-refractivity contribution in [3.05, 3.63) is 0 Å². The van der Waals surface area contributed by atoms with Crippen LogP contribution < -0.4 is 10.6 Å². The number of hydrogen-bond acceptors (Lipinski definition) is 3. The second kappa shape index (κ2) is 11.3. The fourth-order valence-electron chi connectivity index (χ4n) is 2.55. The van der Waals surface area contributed by atoms with Crippen LogP contribution in [0.5, 0.6) is 0 Å². The summed E-state index contributed by atoms with van der Waals surface area (Å²) in [5.41, 5.74) is -0.445. The van der Waals surface area contributed by atoms with Crippen LogP contribution in [0.1, 0.15) is 34.6 Å². The molecule has 0 radical (unpaired) electrons. The molecule has 0 bridgehead atoms. The quantitative estimate of drug-likeness (QED) is 0.260. The summed E-state index contributed by atoms with van der Waals surface area (Å²) in [4.78, 5) is 19.7. The minimum absolute atomic E-state index is 0. The van der Waals surface area contributed by atoms with Crippen molar-refractivity contribution in [2.45, 2.75) is 46.8 Å². The summed E-state index contributed by atoms with van der Waals surface area (Å²) in [6, 6.07) is -1.43. The van der Waals surface area contributed by atoms with E-state index in [1.165, 1.54) is 11.8 Å². The Morgan fingerprint density at radius 1 is 1.11 bits per heavy atom. The van der Waals surface area contributed by atoms with Crippen molar-refractivity contribution in [3.63, 3.8) is 0 Å². The predicted octanol–water partition coefficient (Wildman–Crippen LogP) is 2.30. The molecular formula is C17H33F3IN5O. The number of halogens is 4. The van der Waals surface area contributed by atoms with E-state index in [-0.39, 0.29) is 29.9 Å². The topological polar surface area (TPSA) is 60.0 Å². The van der Waals surface area contributed by atoms with Crippen LogP contribution in [-0.2, 0) is 4.79 Å². The van der Waals surface area contributed by atoms with Crippen LogP contribution in [0, 0.1) is 5.41 Å². The molecule has 1 unspecified atom stereocenters. The molecule has 10 heteroatoms. The fourth-order valence-corrected chi connectivity index (χ4v) is 2.55. The molecule has 1 saturated heterocycles. The molecule has 1 fully saturated rings. The average Bonchev–Trinajstić information content (AvgIpc) is 2.55. The molecule has 0 spiro atoms. The summed E-state index contributed by atoms with van der Waals surface area (Å²) in [6.07, 6.45) is -4.20. The number of hydrogen-bond donors (Lipinski definition) is 2. The highest BCUT2D eigenvalue weighted by molar-refractivity contribution is 14.0. The van der Waals surface area contributed by atoms with Crippen molar-refractivity contribution in [1.29, 1.82) is 0 Å². The van der Waals surface area contributed by atoms with Gasteiger partial charge < -0.3 is 15.5 Å². The zero-order chi connectivity index (χ0) is 20.0. The molecule has 2 N–H and O–H groups in total. The lowest BCUT2D eigenvalue weighted by Crippen LogP contribution is -2.56. The largest absolute Gasteiger partial charge is 0.403 e. The SMILES string of the molecule is CCNC(=NCCNC(=O)C(C)(C)C)N1CCN(C(C)C(F)(F)F)CC1.I. The van der Waals surface area contributed by atoms with E-state index in [4.69, 9.17) is 0 Å². The van der Waals surface area contributed by atoms with Gasteiger partial charge >= 0.3 is 6.18 Å². The van der Waals surface area contributed by atoms with E-state index in [0.717, 1.165) is 0 Å². The van der Waals surface area contributed by atoms with Gasteiger partial charge in [-0.25, -0.2) is 0 Å². The number of piperazine rings is 1. The molecule has 0 aliphatic carbocycles. The van der Waals surface area contributed by atoms with E-state index < -0.39 is 17.6 Å². The molecular weight excluding hydrogens is 474 g/mol. The second-order valence-electron chi connectivity index (χ2n) is 7.48. The van der Waals surface area contributed by atoms with Crippen molar-refractivity contribution in [3.8, 4) is 0 Å². The van der Waals surface area contributed by atoms with Gasteiger partial charge in [-0.3, -0.25) is 14.7 Å². The van der Waals surface area contributed by atoms with Gasteiger partial charge in [-0.05, 0) is 13.8 Å². The second-order valence-corrected chi connectivity index (χ2v) is 7.48. The number of aliphatic imine (C=N–C) groups is 1. The van der Waals surface area contributed by atoms with Gasteiger partial charge in [-0.2, -0.15) is 13.2 Å². The zero-order valence-corrected chi connectivity index (χ0v) is 19.1. The van der Waals surface area contributed by atoms with Crippen LogP contribution in [-0.4, -0.2) is 79.7 Å². The lowest BCUT2D eigenvalue weighted by atomic mass is 9.96. The number of guanidine groups is 1. The Morgan fingerprint density at radius 2 is 1.67 bits per heavy atom. The van der Waals surface area contributed by atoms with E-state index in [2.05, 4.69) is 15.6 Å². The van der Waals surface area contributed by atoms with Gasteiger partial charge in [0.2, 0.25) is 5.91 Å². The Balaban J connectivity index is 0.00000676. The van der Waals surface area contributed by atoms with Gasteiger partial charge in [-0.15, -0.1) is 24.0 Å². The third kappa shape index (κ3) is 8.84. The molecule has 0 aromatic carbocycles. The summed E-state index contributed by atoms with van der Waals surface area (Å²) in [5.74, 6) is 0.643. The lowest BCUT2D eigenvalue weighted by molar-refractivity contribution is -0.181. The number of carbonyl (C=O) groups is 1. The Labute approximate surface area is 177 Å². The summed E-state index contributed by atoms with van der Waals surface area (Å²) < 4.78 is 38.5. The highest BCUT2D eigenvalue weighted by atomic mass is 127. The minimum Gasteiger partial charge on any atom is -0.357 e. The van der Waals surface area contributed by atoms with Crippen LogP contribution in [0.3, 0.4) is 0 Å². The molecule has 1 atom stereocenters. The maximum atomic E-state index is 12.8. The molecule has 1 aliphatic rings. The van der Waals surface area contributed by atoms with Crippen molar-refractivity contribution >= 4 is 35.8 Å². The maximum absolute atomic E-state index is 12.8. The van der Waals surface area contributed by atoms with Gasteiger partial charge in [0.1, 0.15) is 6.04 Å². The first-order chi connectivity index (χ1) is 12.0. The van der Waals surface area contributed by atoms with Crippen molar-refractivity contribution in [2.75, 3.05) is 45.8 Å². The number of nitrogens with zero attached hydrogens (tertiary/aromatic N) is 3. The molecule has 0 aromatic rings. The number of carbonyl (C=O) groups excluding carboxylic acids is 1. The van der Waals surface area contributed by atoms with Crippen molar-refractivity contribution in [1.82, 2.24) is 20.4 Å². The predicted molar refractivity (Wildman–Crippen MR) is 113 cm³/mol. The van der Waals surface area contributed by atoms with Crippen LogP contribution in [0.25, 0.3) is 0 Å². The molecule has 1 rings (SSSR count). The molecule has 160 valence electrons. The highest BCUT2D eigenvalue weighted by Gasteiger charge is 2.41. The summed E-state index contributed by atoms with van der Waals surface area (Å²) in [6.45, 7) is 11.8. The van der Waals surface area contributed by atoms with Crippen molar-refractivity contribution in [2.24, 2.45) is 10.4 Å². The number of amides is 1. The minimum atomic E-state index is -4.20. The molecule has 0 saturated carbocycles. The van der Waals surface area contributed by atoms with Crippen LogP contribution in [0.4, 0.5) is 13.2 Å². The normalized spacial score (nSPS) is 17.9. The zero-order valence-electron chi connectivity index (χ0n) is 16.8. The van der Waals surface area contributed by atoms with Gasteiger partial charge in [0.15, 0.2) is 5.96 Å². The van der Waals surface area contributed by atoms with Gasteiger partial charge in [-0.1, -0.05) is 20.8 Å². The number of alkyl halides is 3. The Kier molecular flexibility index (Phi) is 11.0. The third-order valence-electron chi connectivity index (χ3n) is 4.31. The molecule has 6 nitrogen and oxygen atoms in total. The van der Waals surface area contributed by atoms with Crippen LogP contribution in [0.15, 0.2) is 4.99 Å². The van der Waals surface area contributed by atoms with Gasteiger partial charge in [0.25, 0.3) is 0 Å². The smallest absolute Gasteiger partial charge is 0.357 e. The Morgan fingerprint density at radius 3 is 2.11 bits per heavy atom. The Hall–Kier alpha value is -0.780. The van der Waals surface area contributed by atoms with Gasteiger partial charge in [0, 0.05) is 44.7 Å². The van der Waals surface area contributed by atoms with E-state index in [0.29, 0.717) is 51.8 Å². The molecule has 0 aromatic heterocycles. The molecule has 1 amide bonds. The first-order valence-electron chi connectivity index (χ1n) is 9.09. The summed E-state index contributed by atoms with van der Waals surface area (Å²) in [7, 11) is 0. The standard InChI is InChI=1S/C17H32F3N5O.HI/c1-6-21-15(23-8-7-22-14(26)16(3,4)5)25-11-9-24(10-12-25)13(2)17(18,19)20;/h13H,6-12H2,1-5H3,(H,21,23)(H,22,26);1H. The molecule has 1 aliphatic heterocycles. The molecule has 27 heavy (non-hydrogen) atoms. The van der Waals surface area contributed by atoms with Crippen LogP contribution >= 0.6 is 24.0 Å². The number of nitrogens with one attached hydrogen (secondary N) is 2. The van der Waals surface area contributed by atoms with E-state index in [9.17, 15) is 18.0 Å². The number of rotatable bonds is 5. The first kappa shape index (κ1) is 26.2. The lowest BCUT2D eigenvalue weighted by Gasteiger charge is -2.39. The fraction of sp³-hybridized carbons (Fsp3) is 0.882. The molecule has 1 heterocycles. The maximum Gasteiger partial charge on any atom is 0.403 e. The average molecular weight is 507 g/mol. The third-order valence-corrected chi connectivity index (χ3v) is 4.31. The van der Waals surface area contributed by atoms with E-state index in [1.54, 1.807) is 0 Å². The van der Waals surface area contributed by atoms with E-state index in [1.807, 2.05) is 32.6 Å².